The summed E-state index contributed by atoms with van der Waals surface area (Å²) < 4.78 is 11.9. The number of hydrogen-bond donors (Lipinski definition) is 0. The lowest BCUT2D eigenvalue weighted by Crippen LogP contribution is -2.27. The van der Waals surface area contributed by atoms with E-state index in [-0.39, 0.29) is 12.2 Å². The SMILES string of the molecule is COC1CN(c2cc(C)c(Br)cn2)CC1OC. The van der Waals surface area contributed by atoms with Crippen molar-refractivity contribution < 1.29 is 9.47 Å². The number of rotatable bonds is 3. The van der Waals surface area contributed by atoms with Crippen molar-refractivity contribution in [2.75, 3.05) is 32.2 Å². The molecule has 2 unspecified atom stereocenters. The Kier molecular flexibility index (Phi) is 4.01. The lowest BCUT2D eigenvalue weighted by molar-refractivity contribution is -0.00461. The third-order valence-electron chi connectivity index (χ3n) is 3.18. The molecule has 0 aliphatic carbocycles. The van der Waals surface area contributed by atoms with Crippen molar-refractivity contribution in [1.29, 1.82) is 0 Å². The van der Waals surface area contributed by atoms with E-state index in [1.54, 1.807) is 14.2 Å². The monoisotopic (exact) mass is 300 g/mol. The molecule has 0 radical (unpaired) electrons. The number of nitrogens with zero attached hydrogens (tertiary/aromatic N) is 2. The van der Waals surface area contributed by atoms with Crippen LogP contribution < -0.4 is 4.90 Å². The lowest BCUT2D eigenvalue weighted by Gasteiger charge is -2.17. The van der Waals surface area contributed by atoms with Gasteiger partial charge in [0, 0.05) is 38.0 Å². The number of aryl methyl sites for hydroxylation is 1. The molecule has 1 aliphatic rings. The van der Waals surface area contributed by atoms with E-state index in [0.717, 1.165) is 23.4 Å². The van der Waals surface area contributed by atoms with Crippen molar-refractivity contribution in [3.8, 4) is 0 Å². The van der Waals surface area contributed by atoms with Crippen LogP contribution in [0, 0.1) is 6.92 Å². The Balaban J connectivity index is 2.16. The number of pyridine rings is 1. The van der Waals surface area contributed by atoms with E-state index < -0.39 is 0 Å². The highest BCUT2D eigenvalue weighted by molar-refractivity contribution is 9.10. The van der Waals surface area contributed by atoms with Gasteiger partial charge in [0.2, 0.25) is 0 Å². The molecule has 0 saturated carbocycles. The summed E-state index contributed by atoms with van der Waals surface area (Å²) in [4.78, 5) is 6.62. The number of methoxy groups -OCH3 is 2. The number of halogens is 1. The average Bonchev–Trinajstić information content (AvgIpc) is 2.75. The summed E-state index contributed by atoms with van der Waals surface area (Å²) in [5.41, 5.74) is 1.19. The lowest BCUT2D eigenvalue weighted by atomic mass is 10.3. The van der Waals surface area contributed by atoms with E-state index in [0.29, 0.717) is 0 Å². The van der Waals surface area contributed by atoms with E-state index in [2.05, 4.69) is 38.8 Å². The van der Waals surface area contributed by atoms with Crippen molar-refractivity contribution in [2.24, 2.45) is 0 Å². The van der Waals surface area contributed by atoms with Gasteiger partial charge < -0.3 is 14.4 Å². The fraction of sp³-hybridized carbons (Fsp3) is 0.583. The molecule has 0 bridgehead atoms. The smallest absolute Gasteiger partial charge is 0.128 e. The maximum atomic E-state index is 5.42. The molecule has 1 aromatic rings. The first-order valence-electron chi connectivity index (χ1n) is 5.58. The van der Waals surface area contributed by atoms with Crippen molar-refractivity contribution >= 4 is 21.7 Å². The number of aromatic nitrogens is 1. The predicted octanol–water partition coefficient (Wildman–Crippen LogP) is 2.00. The summed E-state index contributed by atoms with van der Waals surface area (Å²) in [6.07, 6.45) is 2.07. The second-order valence-corrected chi connectivity index (χ2v) is 5.10. The second-order valence-electron chi connectivity index (χ2n) is 4.24. The van der Waals surface area contributed by atoms with Crippen molar-refractivity contribution in [3.63, 3.8) is 0 Å². The molecule has 0 N–H and O–H groups in total. The molecule has 0 spiro atoms. The summed E-state index contributed by atoms with van der Waals surface area (Å²) in [5, 5.41) is 0. The number of ether oxygens (including phenoxy) is 2. The fourth-order valence-electron chi connectivity index (χ4n) is 2.08. The van der Waals surface area contributed by atoms with Crippen LogP contribution in [0.2, 0.25) is 0 Å². The predicted molar refractivity (Wildman–Crippen MR) is 70.5 cm³/mol. The van der Waals surface area contributed by atoms with Gasteiger partial charge in [-0.15, -0.1) is 0 Å². The standard InChI is InChI=1S/C12H17BrN2O2/c1-8-4-12(14-5-9(8)13)15-6-10(16-2)11(7-15)17-3/h4-5,10-11H,6-7H2,1-3H3. The van der Waals surface area contributed by atoms with Crippen LogP contribution in [0.1, 0.15) is 5.56 Å². The minimum absolute atomic E-state index is 0.116. The van der Waals surface area contributed by atoms with Gasteiger partial charge in [-0.3, -0.25) is 0 Å². The van der Waals surface area contributed by atoms with Crippen molar-refractivity contribution in [1.82, 2.24) is 4.98 Å². The molecule has 1 saturated heterocycles. The van der Waals surface area contributed by atoms with E-state index in [4.69, 9.17) is 9.47 Å². The van der Waals surface area contributed by atoms with Gasteiger partial charge in [-0.1, -0.05) is 0 Å². The molecule has 0 amide bonds. The van der Waals surface area contributed by atoms with Crippen LogP contribution in [0.4, 0.5) is 5.82 Å². The Morgan fingerprint density at radius 1 is 1.29 bits per heavy atom. The van der Waals surface area contributed by atoms with Crippen LogP contribution in [0.15, 0.2) is 16.7 Å². The first-order valence-corrected chi connectivity index (χ1v) is 6.37. The molecule has 2 heterocycles. The van der Waals surface area contributed by atoms with Gasteiger partial charge in [0.1, 0.15) is 18.0 Å². The topological polar surface area (TPSA) is 34.6 Å². The molecule has 2 atom stereocenters. The van der Waals surface area contributed by atoms with Crippen LogP contribution in [0.5, 0.6) is 0 Å². The van der Waals surface area contributed by atoms with Gasteiger partial charge in [-0.2, -0.15) is 0 Å². The summed E-state index contributed by atoms with van der Waals surface area (Å²) >= 11 is 3.46. The van der Waals surface area contributed by atoms with Gasteiger partial charge in [-0.25, -0.2) is 4.98 Å². The quantitative estimate of drug-likeness (QED) is 0.855. The molecule has 1 aliphatic heterocycles. The zero-order chi connectivity index (χ0) is 12.4. The van der Waals surface area contributed by atoms with Crippen LogP contribution >= 0.6 is 15.9 Å². The molecule has 0 aromatic carbocycles. The molecular weight excluding hydrogens is 284 g/mol. The molecule has 94 valence electrons. The molecule has 2 rings (SSSR count). The van der Waals surface area contributed by atoms with Gasteiger partial charge in [0.15, 0.2) is 0 Å². The third kappa shape index (κ3) is 2.61. The van der Waals surface area contributed by atoms with Gasteiger partial charge in [-0.05, 0) is 34.5 Å². The summed E-state index contributed by atoms with van der Waals surface area (Å²) in [6.45, 7) is 3.71. The zero-order valence-electron chi connectivity index (χ0n) is 10.3. The Bertz CT molecular complexity index is 388. The molecule has 5 heteroatoms. The summed E-state index contributed by atoms with van der Waals surface area (Å²) in [7, 11) is 3.45. The molecule has 4 nitrogen and oxygen atoms in total. The van der Waals surface area contributed by atoms with E-state index in [1.807, 2.05) is 6.20 Å². The Morgan fingerprint density at radius 3 is 2.35 bits per heavy atom. The van der Waals surface area contributed by atoms with Crippen LogP contribution in [0.3, 0.4) is 0 Å². The first-order chi connectivity index (χ1) is 8.15. The molecule has 1 fully saturated rings. The number of hydrogen-bond acceptors (Lipinski definition) is 4. The van der Waals surface area contributed by atoms with Crippen LogP contribution in [0.25, 0.3) is 0 Å². The third-order valence-corrected chi connectivity index (χ3v) is 4.01. The maximum absolute atomic E-state index is 5.42. The van der Waals surface area contributed by atoms with Gasteiger partial charge >= 0.3 is 0 Å². The van der Waals surface area contributed by atoms with E-state index in [9.17, 15) is 0 Å². The minimum atomic E-state index is 0.116. The van der Waals surface area contributed by atoms with Crippen molar-refractivity contribution in [3.05, 3.63) is 22.3 Å². The summed E-state index contributed by atoms with van der Waals surface area (Å²) in [5.74, 6) is 0.979. The van der Waals surface area contributed by atoms with Crippen LogP contribution in [-0.2, 0) is 9.47 Å². The average molecular weight is 301 g/mol. The second kappa shape index (κ2) is 5.33. The Hall–Kier alpha value is -0.650. The normalized spacial score (nSPS) is 24.4. The van der Waals surface area contributed by atoms with Gasteiger partial charge in [0.25, 0.3) is 0 Å². The highest BCUT2D eigenvalue weighted by atomic mass is 79.9. The molecular formula is C12H17BrN2O2. The Morgan fingerprint density at radius 2 is 1.88 bits per heavy atom. The van der Waals surface area contributed by atoms with E-state index in [1.165, 1.54) is 5.56 Å². The van der Waals surface area contributed by atoms with Gasteiger partial charge in [0.05, 0.1) is 0 Å². The highest BCUT2D eigenvalue weighted by Crippen LogP contribution is 2.24. The zero-order valence-corrected chi connectivity index (χ0v) is 11.9. The first kappa shape index (κ1) is 12.8. The maximum Gasteiger partial charge on any atom is 0.128 e. The molecule has 17 heavy (non-hydrogen) atoms. The largest absolute Gasteiger partial charge is 0.377 e. The van der Waals surface area contributed by atoms with E-state index >= 15 is 0 Å². The summed E-state index contributed by atoms with van der Waals surface area (Å²) in [6, 6.07) is 2.08. The number of anilines is 1. The fourth-order valence-corrected chi connectivity index (χ4v) is 2.30. The highest BCUT2D eigenvalue weighted by Gasteiger charge is 2.33. The Labute approximate surface area is 110 Å². The van der Waals surface area contributed by atoms with Crippen LogP contribution in [-0.4, -0.2) is 44.5 Å². The van der Waals surface area contributed by atoms with Crippen molar-refractivity contribution in [2.45, 2.75) is 19.1 Å². The molecule has 1 aromatic heterocycles. The minimum Gasteiger partial charge on any atom is -0.377 e.